The van der Waals surface area contributed by atoms with Crippen LogP contribution in [-0.2, 0) is 6.42 Å². The van der Waals surface area contributed by atoms with Crippen molar-refractivity contribution in [1.29, 1.82) is 0 Å². The van der Waals surface area contributed by atoms with Gasteiger partial charge in [0.05, 0.1) is 0 Å². The Morgan fingerprint density at radius 3 is 2.55 bits per heavy atom. The average Bonchev–Trinajstić information content (AvgIpc) is 2.39. The lowest BCUT2D eigenvalue weighted by Crippen LogP contribution is -2.20. The summed E-state index contributed by atoms with van der Waals surface area (Å²) in [6, 6.07) is 9.64. The molecule has 2 aromatic rings. The molecule has 0 bridgehead atoms. The van der Waals surface area contributed by atoms with Crippen LogP contribution in [0.2, 0.25) is 0 Å². The number of hydrogen-bond acceptors (Lipinski definition) is 1. The Bertz CT molecular complexity index is 619. The third kappa shape index (κ3) is 3.77. The molecule has 0 heterocycles. The number of halogens is 4. The highest BCUT2D eigenvalue weighted by molar-refractivity contribution is 14.1. The van der Waals surface area contributed by atoms with E-state index in [1.54, 1.807) is 12.1 Å². The molecule has 0 aliphatic carbocycles. The molecule has 0 aliphatic heterocycles. The predicted octanol–water partition coefficient (Wildman–Crippen LogP) is 4.84. The van der Waals surface area contributed by atoms with Crippen molar-refractivity contribution < 1.29 is 8.78 Å². The van der Waals surface area contributed by atoms with Gasteiger partial charge in [-0.15, -0.1) is 0 Å². The summed E-state index contributed by atoms with van der Waals surface area (Å²) < 4.78 is 28.6. The molecule has 5 heteroatoms. The van der Waals surface area contributed by atoms with Gasteiger partial charge in [0.1, 0.15) is 11.6 Å². The smallest absolute Gasteiger partial charge is 0.127 e. The van der Waals surface area contributed by atoms with Crippen molar-refractivity contribution in [3.63, 3.8) is 0 Å². The molecule has 0 saturated heterocycles. The lowest BCUT2D eigenvalue weighted by atomic mass is 9.98. The van der Waals surface area contributed by atoms with E-state index in [2.05, 4.69) is 43.8 Å². The second kappa shape index (κ2) is 6.95. The fourth-order valence-corrected chi connectivity index (χ4v) is 3.25. The molecule has 0 amide bonds. The van der Waals surface area contributed by atoms with Crippen molar-refractivity contribution in [2.24, 2.45) is 0 Å². The molecule has 0 fully saturated rings. The maximum absolute atomic E-state index is 13.9. The highest BCUT2D eigenvalue weighted by Crippen LogP contribution is 2.26. The van der Waals surface area contributed by atoms with Gasteiger partial charge >= 0.3 is 0 Å². The minimum Gasteiger partial charge on any atom is -0.313 e. The summed E-state index contributed by atoms with van der Waals surface area (Å²) in [5.41, 5.74) is 1.60. The van der Waals surface area contributed by atoms with E-state index in [0.29, 0.717) is 12.0 Å². The first-order chi connectivity index (χ1) is 9.51. The van der Waals surface area contributed by atoms with Crippen LogP contribution in [0.25, 0.3) is 0 Å². The maximum atomic E-state index is 13.9. The van der Waals surface area contributed by atoms with Crippen LogP contribution < -0.4 is 5.32 Å². The highest BCUT2D eigenvalue weighted by Gasteiger charge is 2.16. The zero-order chi connectivity index (χ0) is 14.7. The zero-order valence-corrected chi connectivity index (χ0v) is 14.5. The van der Waals surface area contributed by atoms with Gasteiger partial charge in [0.2, 0.25) is 0 Å². The second-order valence-electron chi connectivity index (χ2n) is 4.45. The largest absolute Gasteiger partial charge is 0.313 e. The molecule has 0 aliphatic rings. The van der Waals surface area contributed by atoms with Crippen LogP contribution in [0.4, 0.5) is 8.78 Å². The molecule has 20 heavy (non-hydrogen) atoms. The minimum atomic E-state index is -0.261. The minimum absolute atomic E-state index is 0.0572. The van der Waals surface area contributed by atoms with Crippen LogP contribution in [0.3, 0.4) is 0 Å². The van der Waals surface area contributed by atoms with Crippen molar-refractivity contribution in [1.82, 2.24) is 5.32 Å². The average molecular weight is 452 g/mol. The molecule has 0 aromatic heterocycles. The first-order valence-corrected chi connectivity index (χ1v) is 7.94. The number of likely N-dealkylation sites (N-methyl/N-ethyl adjacent to an activating group) is 1. The number of hydrogen-bond donors (Lipinski definition) is 1. The van der Waals surface area contributed by atoms with Gasteiger partial charge in [-0.1, -0.05) is 28.1 Å². The maximum Gasteiger partial charge on any atom is 0.127 e. The quantitative estimate of drug-likeness (QED) is 0.656. The van der Waals surface area contributed by atoms with Crippen LogP contribution in [0.15, 0.2) is 40.9 Å². The van der Waals surface area contributed by atoms with Crippen molar-refractivity contribution in [3.8, 4) is 0 Å². The molecule has 0 saturated carbocycles. The van der Waals surface area contributed by atoms with Crippen LogP contribution in [0.5, 0.6) is 0 Å². The molecule has 0 spiro atoms. The van der Waals surface area contributed by atoms with E-state index >= 15 is 0 Å². The van der Waals surface area contributed by atoms with Crippen molar-refractivity contribution in [2.45, 2.75) is 12.5 Å². The molecule has 1 N–H and O–H groups in total. The van der Waals surface area contributed by atoms with Gasteiger partial charge in [0, 0.05) is 14.1 Å². The molecular weight excluding hydrogens is 439 g/mol. The monoisotopic (exact) mass is 451 g/mol. The summed E-state index contributed by atoms with van der Waals surface area (Å²) in [5, 5.41) is 3.16. The zero-order valence-electron chi connectivity index (χ0n) is 10.8. The van der Waals surface area contributed by atoms with Crippen molar-refractivity contribution in [2.75, 3.05) is 7.05 Å². The number of nitrogens with one attached hydrogen (secondary N) is 1. The van der Waals surface area contributed by atoms with Gasteiger partial charge in [-0.2, -0.15) is 0 Å². The molecular formula is C15H13BrF2IN. The lowest BCUT2D eigenvalue weighted by Gasteiger charge is -2.19. The SMILES string of the molecule is CNC(Cc1ccc(Br)cc1F)c1ccc(F)cc1I. The summed E-state index contributed by atoms with van der Waals surface area (Å²) in [6.07, 6.45) is 0.511. The van der Waals surface area contributed by atoms with Gasteiger partial charge in [-0.05, 0) is 71.5 Å². The van der Waals surface area contributed by atoms with Gasteiger partial charge in [-0.25, -0.2) is 8.78 Å². The van der Waals surface area contributed by atoms with Crippen LogP contribution in [0, 0.1) is 15.2 Å². The van der Waals surface area contributed by atoms with E-state index in [1.807, 2.05) is 13.1 Å². The van der Waals surface area contributed by atoms with E-state index in [4.69, 9.17) is 0 Å². The topological polar surface area (TPSA) is 12.0 Å². The summed E-state index contributed by atoms with van der Waals surface area (Å²) in [5.74, 6) is -0.500. The summed E-state index contributed by atoms with van der Waals surface area (Å²) in [6.45, 7) is 0. The molecule has 0 radical (unpaired) electrons. The van der Waals surface area contributed by atoms with Crippen molar-refractivity contribution in [3.05, 3.63) is 67.2 Å². The molecule has 106 valence electrons. The Labute approximate surface area is 139 Å². The molecule has 2 aromatic carbocycles. The van der Waals surface area contributed by atoms with E-state index in [9.17, 15) is 8.78 Å². The number of rotatable bonds is 4. The summed E-state index contributed by atoms with van der Waals surface area (Å²) >= 11 is 5.35. The van der Waals surface area contributed by atoms with E-state index in [-0.39, 0.29) is 17.7 Å². The Kier molecular flexibility index (Phi) is 5.51. The van der Waals surface area contributed by atoms with Crippen LogP contribution in [0.1, 0.15) is 17.2 Å². The lowest BCUT2D eigenvalue weighted by molar-refractivity contribution is 0.550. The molecule has 2 rings (SSSR count). The van der Waals surface area contributed by atoms with Gasteiger partial charge < -0.3 is 5.32 Å². The predicted molar refractivity (Wildman–Crippen MR) is 88.7 cm³/mol. The standard InChI is InChI=1S/C15H13BrF2IN/c1-20-15(12-5-4-11(17)8-14(12)19)6-9-2-3-10(16)7-13(9)18/h2-5,7-8,15,20H,6H2,1H3. The van der Waals surface area contributed by atoms with E-state index < -0.39 is 0 Å². The molecule has 1 nitrogen and oxygen atoms in total. The normalized spacial score (nSPS) is 12.4. The third-order valence-electron chi connectivity index (χ3n) is 3.13. The molecule has 1 unspecified atom stereocenters. The van der Waals surface area contributed by atoms with Gasteiger partial charge in [0.15, 0.2) is 0 Å². The van der Waals surface area contributed by atoms with Gasteiger partial charge in [0.25, 0.3) is 0 Å². The number of benzene rings is 2. The fraction of sp³-hybridized carbons (Fsp3) is 0.200. The van der Waals surface area contributed by atoms with Crippen LogP contribution in [-0.4, -0.2) is 7.05 Å². The Hall–Kier alpha value is -0.530. The van der Waals surface area contributed by atoms with Crippen molar-refractivity contribution >= 4 is 38.5 Å². The Morgan fingerprint density at radius 2 is 1.95 bits per heavy atom. The fourth-order valence-electron chi connectivity index (χ4n) is 2.06. The summed E-state index contributed by atoms with van der Waals surface area (Å²) in [7, 11) is 1.82. The second-order valence-corrected chi connectivity index (χ2v) is 6.52. The highest BCUT2D eigenvalue weighted by atomic mass is 127. The Balaban J connectivity index is 2.28. The third-order valence-corrected chi connectivity index (χ3v) is 4.55. The first kappa shape index (κ1) is 15.9. The Morgan fingerprint density at radius 1 is 1.20 bits per heavy atom. The summed E-state index contributed by atoms with van der Waals surface area (Å²) in [4.78, 5) is 0. The first-order valence-electron chi connectivity index (χ1n) is 6.07. The van der Waals surface area contributed by atoms with Gasteiger partial charge in [-0.3, -0.25) is 0 Å². The molecule has 1 atom stereocenters. The van der Waals surface area contributed by atoms with Crippen LogP contribution >= 0.6 is 38.5 Å². The van der Waals surface area contributed by atoms with E-state index in [1.165, 1.54) is 18.2 Å². The van der Waals surface area contributed by atoms with E-state index in [0.717, 1.165) is 13.6 Å².